The van der Waals surface area contributed by atoms with Crippen LogP contribution in [-0.2, 0) is 0 Å². The Hall–Kier alpha value is -2.07. The Bertz CT molecular complexity index is 577. The SMILES string of the molecule is CNCCCN(C)C(=O)Nc1cccc2ccccc12. The molecule has 0 saturated carbocycles. The van der Waals surface area contributed by atoms with Crippen LogP contribution in [0.25, 0.3) is 10.8 Å². The minimum Gasteiger partial charge on any atom is -0.328 e. The first-order chi connectivity index (χ1) is 9.72. The van der Waals surface area contributed by atoms with Gasteiger partial charge in [-0.3, -0.25) is 0 Å². The van der Waals surface area contributed by atoms with Gasteiger partial charge in [-0.25, -0.2) is 4.79 Å². The van der Waals surface area contributed by atoms with Crippen LogP contribution in [0.3, 0.4) is 0 Å². The first kappa shape index (κ1) is 14.3. The zero-order chi connectivity index (χ0) is 14.4. The van der Waals surface area contributed by atoms with Crippen LogP contribution in [0, 0.1) is 0 Å². The molecule has 106 valence electrons. The maximum absolute atomic E-state index is 12.1. The summed E-state index contributed by atoms with van der Waals surface area (Å²) in [4.78, 5) is 13.9. The molecule has 0 atom stereocenters. The van der Waals surface area contributed by atoms with Crippen LogP contribution in [-0.4, -0.2) is 38.1 Å². The normalized spacial score (nSPS) is 10.5. The lowest BCUT2D eigenvalue weighted by molar-refractivity contribution is 0.222. The third kappa shape index (κ3) is 3.48. The number of fused-ring (bicyclic) bond motifs is 1. The van der Waals surface area contributed by atoms with E-state index in [2.05, 4.69) is 10.6 Å². The minimum absolute atomic E-state index is 0.0718. The molecule has 0 spiro atoms. The number of amides is 2. The minimum atomic E-state index is -0.0718. The van der Waals surface area contributed by atoms with Crippen molar-refractivity contribution in [2.75, 3.05) is 32.5 Å². The van der Waals surface area contributed by atoms with Crippen molar-refractivity contribution in [3.8, 4) is 0 Å². The number of benzene rings is 2. The molecule has 2 rings (SSSR count). The predicted octanol–water partition coefficient (Wildman–Crippen LogP) is 2.91. The van der Waals surface area contributed by atoms with Gasteiger partial charge in [0.1, 0.15) is 0 Å². The van der Waals surface area contributed by atoms with Crippen molar-refractivity contribution in [1.82, 2.24) is 10.2 Å². The fourth-order valence-corrected chi connectivity index (χ4v) is 2.14. The number of hydrogen-bond donors (Lipinski definition) is 2. The lowest BCUT2D eigenvalue weighted by atomic mass is 10.1. The highest BCUT2D eigenvalue weighted by Gasteiger charge is 2.09. The molecule has 2 aromatic rings. The lowest BCUT2D eigenvalue weighted by Gasteiger charge is -2.18. The lowest BCUT2D eigenvalue weighted by Crippen LogP contribution is -2.33. The molecule has 0 fully saturated rings. The number of carbonyl (C=O) groups excluding carboxylic acids is 1. The van der Waals surface area contributed by atoms with Crippen LogP contribution in [0.15, 0.2) is 42.5 Å². The molecule has 4 heteroatoms. The predicted molar refractivity (Wildman–Crippen MR) is 84.1 cm³/mol. The Balaban J connectivity index is 2.06. The third-order valence-corrected chi connectivity index (χ3v) is 3.30. The Morgan fingerprint density at radius 3 is 2.70 bits per heavy atom. The highest BCUT2D eigenvalue weighted by Crippen LogP contribution is 2.23. The summed E-state index contributed by atoms with van der Waals surface area (Å²) in [5, 5.41) is 8.25. The van der Waals surface area contributed by atoms with Crippen molar-refractivity contribution in [2.24, 2.45) is 0 Å². The fraction of sp³-hybridized carbons (Fsp3) is 0.312. The average Bonchev–Trinajstić information content (AvgIpc) is 2.47. The van der Waals surface area contributed by atoms with Gasteiger partial charge in [0.15, 0.2) is 0 Å². The fourth-order valence-electron chi connectivity index (χ4n) is 2.14. The maximum atomic E-state index is 12.1. The summed E-state index contributed by atoms with van der Waals surface area (Å²) in [6.07, 6.45) is 0.940. The zero-order valence-electron chi connectivity index (χ0n) is 12.0. The van der Waals surface area contributed by atoms with Gasteiger partial charge in [0.05, 0.1) is 5.69 Å². The van der Waals surface area contributed by atoms with Crippen molar-refractivity contribution in [1.29, 1.82) is 0 Å². The summed E-state index contributed by atoms with van der Waals surface area (Å²) in [6.45, 7) is 1.64. The van der Waals surface area contributed by atoms with Gasteiger partial charge >= 0.3 is 6.03 Å². The Labute approximate surface area is 119 Å². The van der Waals surface area contributed by atoms with Gasteiger partial charge in [0.25, 0.3) is 0 Å². The number of nitrogens with one attached hydrogen (secondary N) is 2. The molecule has 0 bridgehead atoms. The molecule has 0 unspecified atom stereocenters. The molecule has 0 saturated heterocycles. The van der Waals surface area contributed by atoms with Crippen LogP contribution in [0.4, 0.5) is 10.5 Å². The van der Waals surface area contributed by atoms with Crippen LogP contribution in [0.1, 0.15) is 6.42 Å². The van der Waals surface area contributed by atoms with Gasteiger partial charge in [-0.15, -0.1) is 0 Å². The zero-order valence-corrected chi connectivity index (χ0v) is 12.0. The van der Waals surface area contributed by atoms with Crippen LogP contribution < -0.4 is 10.6 Å². The van der Waals surface area contributed by atoms with E-state index in [-0.39, 0.29) is 6.03 Å². The van der Waals surface area contributed by atoms with Gasteiger partial charge in [0, 0.05) is 19.0 Å². The molecular weight excluding hydrogens is 250 g/mol. The summed E-state index contributed by atoms with van der Waals surface area (Å²) >= 11 is 0. The molecule has 0 aliphatic rings. The molecule has 2 amide bonds. The molecule has 2 aromatic carbocycles. The molecule has 0 heterocycles. The summed E-state index contributed by atoms with van der Waals surface area (Å²) in [5.41, 5.74) is 0.855. The van der Waals surface area contributed by atoms with E-state index >= 15 is 0 Å². The van der Waals surface area contributed by atoms with E-state index in [4.69, 9.17) is 0 Å². The molecule has 0 radical (unpaired) electrons. The van der Waals surface area contributed by atoms with Crippen LogP contribution >= 0.6 is 0 Å². The molecule has 2 N–H and O–H groups in total. The largest absolute Gasteiger partial charge is 0.328 e. The average molecular weight is 271 g/mol. The van der Waals surface area contributed by atoms with Crippen molar-refractivity contribution < 1.29 is 4.79 Å². The molecular formula is C16H21N3O. The Morgan fingerprint density at radius 1 is 1.15 bits per heavy atom. The van der Waals surface area contributed by atoms with Gasteiger partial charge in [0.2, 0.25) is 0 Å². The van der Waals surface area contributed by atoms with E-state index in [1.165, 1.54) is 0 Å². The number of hydrogen-bond acceptors (Lipinski definition) is 2. The smallest absolute Gasteiger partial charge is 0.321 e. The second-order valence-electron chi connectivity index (χ2n) is 4.84. The van der Waals surface area contributed by atoms with E-state index in [9.17, 15) is 4.79 Å². The number of carbonyl (C=O) groups is 1. The van der Waals surface area contributed by atoms with Gasteiger partial charge in [-0.1, -0.05) is 36.4 Å². The third-order valence-electron chi connectivity index (χ3n) is 3.30. The van der Waals surface area contributed by atoms with Crippen LogP contribution in [0.5, 0.6) is 0 Å². The summed E-state index contributed by atoms with van der Waals surface area (Å²) in [6, 6.07) is 13.9. The monoisotopic (exact) mass is 271 g/mol. The van der Waals surface area contributed by atoms with Crippen LogP contribution in [0.2, 0.25) is 0 Å². The quantitative estimate of drug-likeness (QED) is 0.821. The molecule has 0 aliphatic carbocycles. The highest BCUT2D eigenvalue weighted by atomic mass is 16.2. The first-order valence-corrected chi connectivity index (χ1v) is 6.87. The van der Waals surface area contributed by atoms with E-state index in [1.54, 1.807) is 4.90 Å². The van der Waals surface area contributed by atoms with Crippen molar-refractivity contribution in [3.05, 3.63) is 42.5 Å². The summed E-state index contributed by atoms with van der Waals surface area (Å²) in [5.74, 6) is 0. The number of anilines is 1. The van der Waals surface area contributed by atoms with Gasteiger partial charge in [-0.2, -0.15) is 0 Å². The Kier molecular flexibility index (Phi) is 4.96. The maximum Gasteiger partial charge on any atom is 0.321 e. The number of nitrogens with zero attached hydrogens (tertiary/aromatic N) is 1. The first-order valence-electron chi connectivity index (χ1n) is 6.87. The number of rotatable bonds is 5. The van der Waals surface area contributed by atoms with Crippen molar-refractivity contribution in [2.45, 2.75) is 6.42 Å². The second-order valence-corrected chi connectivity index (χ2v) is 4.84. The van der Waals surface area contributed by atoms with Crippen molar-refractivity contribution in [3.63, 3.8) is 0 Å². The van der Waals surface area contributed by atoms with Gasteiger partial charge < -0.3 is 15.5 Å². The standard InChI is InChI=1S/C16H21N3O/c1-17-11-6-12-19(2)16(20)18-15-10-5-8-13-7-3-4-9-14(13)15/h3-5,7-10,17H,6,11-12H2,1-2H3,(H,18,20). The molecule has 0 aromatic heterocycles. The summed E-state index contributed by atoms with van der Waals surface area (Å²) < 4.78 is 0. The van der Waals surface area contributed by atoms with Gasteiger partial charge in [-0.05, 0) is 31.5 Å². The molecule has 0 aliphatic heterocycles. The van der Waals surface area contributed by atoms with E-state index in [1.807, 2.05) is 56.6 Å². The van der Waals surface area contributed by atoms with E-state index < -0.39 is 0 Å². The molecule has 20 heavy (non-hydrogen) atoms. The topological polar surface area (TPSA) is 44.4 Å². The second kappa shape index (κ2) is 6.91. The van der Waals surface area contributed by atoms with E-state index in [0.29, 0.717) is 0 Å². The number of urea groups is 1. The highest BCUT2D eigenvalue weighted by molar-refractivity contribution is 6.01. The molecule has 4 nitrogen and oxygen atoms in total. The Morgan fingerprint density at radius 2 is 1.90 bits per heavy atom. The van der Waals surface area contributed by atoms with Crippen molar-refractivity contribution >= 4 is 22.5 Å². The van der Waals surface area contributed by atoms with E-state index in [0.717, 1.165) is 36.0 Å². The summed E-state index contributed by atoms with van der Waals surface area (Å²) in [7, 11) is 3.73.